The van der Waals surface area contributed by atoms with E-state index in [2.05, 4.69) is 20.8 Å². The molecule has 184 valence electrons. The van der Waals surface area contributed by atoms with Crippen LogP contribution in [0.15, 0.2) is 71.2 Å². The number of aliphatic carboxylic acids is 1. The number of hydrogen-bond acceptors (Lipinski definition) is 5. The van der Waals surface area contributed by atoms with E-state index in [4.69, 9.17) is 14.2 Å². The Bertz CT molecular complexity index is 1130. The molecule has 1 aliphatic rings. The van der Waals surface area contributed by atoms with Crippen LogP contribution >= 0.6 is 15.9 Å². The van der Waals surface area contributed by atoms with Crippen LogP contribution < -0.4 is 14.2 Å². The Kier molecular flexibility index (Phi) is 8.31. The molecular weight excluding hydrogens is 510 g/mol. The normalized spacial score (nSPS) is 16.9. The predicted molar refractivity (Wildman–Crippen MR) is 138 cm³/mol. The van der Waals surface area contributed by atoms with Crippen molar-refractivity contribution < 1.29 is 24.1 Å². The third-order valence-electron chi connectivity index (χ3n) is 6.35. The second kappa shape index (κ2) is 11.6. The highest BCUT2D eigenvalue weighted by Crippen LogP contribution is 2.44. The van der Waals surface area contributed by atoms with Gasteiger partial charge in [-0.05, 0) is 60.3 Å². The molecule has 3 aromatic carbocycles. The Balaban J connectivity index is 1.78. The number of rotatable bonds is 9. The van der Waals surface area contributed by atoms with Gasteiger partial charge in [-0.3, -0.25) is 9.69 Å². The van der Waals surface area contributed by atoms with Gasteiger partial charge in [0.25, 0.3) is 0 Å². The van der Waals surface area contributed by atoms with Crippen molar-refractivity contribution in [2.24, 2.45) is 0 Å². The van der Waals surface area contributed by atoms with Gasteiger partial charge >= 0.3 is 5.97 Å². The first-order chi connectivity index (χ1) is 17.0. The van der Waals surface area contributed by atoms with Crippen LogP contribution in [0, 0.1) is 0 Å². The number of likely N-dealkylation sites (tertiary alicyclic amines) is 1. The van der Waals surface area contributed by atoms with Crippen LogP contribution in [0.2, 0.25) is 0 Å². The lowest BCUT2D eigenvalue weighted by Crippen LogP contribution is -2.46. The van der Waals surface area contributed by atoms with Gasteiger partial charge in [-0.15, -0.1) is 0 Å². The summed E-state index contributed by atoms with van der Waals surface area (Å²) < 4.78 is 18.5. The fraction of sp³-hybridized carbons (Fsp3) is 0.321. The SMILES string of the molecule is COc1cc(C(c2cccc(Br)c2)N2CCCCC2C(=O)O)cc(OC)c1OCc1ccccc1. The molecule has 2 unspecified atom stereocenters. The zero-order valence-electron chi connectivity index (χ0n) is 19.9. The fourth-order valence-corrected chi connectivity index (χ4v) is 5.13. The maximum atomic E-state index is 12.2. The first-order valence-electron chi connectivity index (χ1n) is 11.7. The number of carbonyl (C=O) groups is 1. The van der Waals surface area contributed by atoms with Crippen LogP contribution in [-0.4, -0.2) is 42.8 Å². The number of carboxylic acids is 1. The van der Waals surface area contributed by atoms with E-state index in [1.54, 1.807) is 14.2 Å². The van der Waals surface area contributed by atoms with E-state index in [1.807, 2.05) is 66.7 Å². The summed E-state index contributed by atoms with van der Waals surface area (Å²) in [6.07, 6.45) is 2.46. The van der Waals surface area contributed by atoms with E-state index in [-0.39, 0.29) is 6.04 Å². The summed E-state index contributed by atoms with van der Waals surface area (Å²) in [5.74, 6) is 0.800. The third kappa shape index (κ3) is 5.80. The molecule has 1 saturated heterocycles. The molecule has 35 heavy (non-hydrogen) atoms. The van der Waals surface area contributed by atoms with Gasteiger partial charge in [0.15, 0.2) is 11.5 Å². The molecule has 1 heterocycles. The molecule has 0 saturated carbocycles. The Hall–Kier alpha value is -3.03. The third-order valence-corrected chi connectivity index (χ3v) is 6.84. The Morgan fingerprint density at radius 3 is 2.34 bits per heavy atom. The van der Waals surface area contributed by atoms with Gasteiger partial charge in [0.1, 0.15) is 12.6 Å². The molecule has 0 spiro atoms. The molecular formula is C28H30BrNO5. The van der Waals surface area contributed by atoms with E-state index >= 15 is 0 Å². The number of piperidine rings is 1. The van der Waals surface area contributed by atoms with Gasteiger partial charge < -0.3 is 19.3 Å². The molecule has 0 aromatic heterocycles. The van der Waals surface area contributed by atoms with E-state index in [0.717, 1.165) is 34.0 Å². The van der Waals surface area contributed by atoms with Crippen molar-refractivity contribution in [2.75, 3.05) is 20.8 Å². The molecule has 0 aliphatic carbocycles. The number of methoxy groups -OCH3 is 2. The lowest BCUT2D eigenvalue weighted by Gasteiger charge is -2.40. The summed E-state index contributed by atoms with van der Waals surface area (Å²) >= 11 is 3.58. The summed E-state index contributed by atoms with van der Waals surface area (Å²) in [5.41, 5.74) is 2.91. The molecule has 4 rings (SSSR count). The topological polar surface area (TPSA) is 68.2 Å². The van der Waals surface area contributed by atoms with Crippen molar-refractivity contribution in [3.63, 3.8) is 0 Å². The van der Waals surface area contributed by atoms with Crippen molar-refractivity contribution in [2.45, 2.75) is 38.0 Å². The molecule has 3 aromatic rings. The maximum absolute atomic E-state index is 12.2. The minimum Gasteiger partial charge on any atom is -0.493 e. The van der Waals surface area contributed by atoms with Crippen LogP contribution in [0.25, 0.3) is 0 Å². The lowest BCUT2D eigenvalue weighted by molar-refractivity contribution is -0.145. The van der Waals surface area contributed by atoms with Gasteiger partial charge in [-0.25, -0.2) is 0 Å². The lowest BCUT2D eigenvalue weighted by atomic mass is 9.91. The molecule has 1 N–H and O–H groups in total. The number of hydrogen-bond donors (Lipinski definition) is 1. The monoisotopic (exact) mass is 539 g/mol. The molecule has 6 nitrogen and oxygen atoms in total. The highest BCUT2D eigenvalue weighted by molar-refractivity contribution is 9.10. The molecule has 2 atom stereocenters. The summed E-state index contributed by atoms with van der Waals surface area (Å²) in [5, 5.41) is 10.0. The van der Waals surface area contributed by atoms with E-state index < -0.39 is 12.0 Å². The predicted octanol–water partition coefficient (Wildman–Crippen LogP) is 6.07. The Morgan fingerprint density at radius 1 is 1.00 bits per heavy atom. The van der Waals surface area contributed by atoms with Crippen molar-refractivity contribution >= 4 is 21.9 Å². The molecule has 1 aliphatic heterocycles. The smallest absolute Gasteiger partial charge is 0.320 e. The van der Waals surface area contributed by atoms with Crippen molar-refractivity contribution in [1.29, 1.82) is 0 Å². The molecule has 0 bridgehead atoms. The number of carboxylic acid groups (broad SMARTS) is 1. The van der Waals surface area contributed by atoms with E-state index in [9.17, 15) is 9.90 Å². The maximum Gasteiger partial charge on any atom is 0.320 e. The van der Waals surface area contributed by atoms with Crippen LogP contribution in [0.3, 0.4) is 0 Å². The number of ether oxygens (including phenoxy) is 3. The van der Waals surface area contributed by atoms with Crippen molar-refractivity contribution in [3.8, 4) is 17.2 Å². The molecule has 0 amide bonds. The van der Waals surface area contributed by atoms with E-state index in [0.29, 0.717) is 36.8 Å². The molecule has 0 radical (unpaired) electrons. The number of halogens is 1. The van der Waals surface area contributed by atoms with Crippen molar-refractivity contribution in [3.05, 3.63) is 87.9 Å². The average molecular weight is 540 g/mol. The summed E-state index contributed by atoms with van der Waals surface area (Å²) in [7, 11) is 3.20. The first kappa shape index (κ1) is 25.1. The largest absolute Gasteiger partial charge is 0.493 e. The molecule has 7 heteroatoms. The fourth-order valence-electron chi connectivity index (χ4n) is 4.71. The summed E-state index contributed by atoms with van der Waals surface area (Å²) in [6.45, 7) is 1.06. The van der Waals surface area contributed by atoms with Gasteiger partial charge in [-0.2, -0.15) is 0 Å². The van der Waals surface area contributed by atoms with Crippen LogP contribution in [0.5, 0.6) is 17.2 Å². The van der Waals surface area contributed by atoms with Crippen LogP contribution in [0.1, 0.15) is 42.0 Å². The summed E-state index contributed by atoms with van der Waals surface area (Å²) in [6, 6.07) is 20.9. The minimum atomic E-state index is -0.800. The van der Waals surface area contributed by atoms with Crippen LogP contribution in [-0.2, 0) is 11.4 Å². The Labute approximate surface area is 214 Å². The van der Waals surface area contributed by atoms with Crippen molar-refractivity contribution in [1.82, 2.24) is 4.90 Å². The zero-order chi connectivity index (χ0) is 24.8. The minimum absolute atomic E-state index is 0.292. The number of nitrogens with zero attached hydrogens (tertiary/aromatic N) is 1. The van der Waals surface area contributed by atoms with E-state index in [1.165, 1.54) is 0 Å². The molecule has 1 fully saturated rings. The highest BCUT2D eigenvalue weighted by atomic mass is 79.9. The van der Waals surface area contributed by atoms with Crippen LogP contribution in [0.4, 0.5) is 0 Å². The zero-order valence-corrected chi connectivity index (χ0v) is 21.5. The number of benzene rings is 3. The second-order valence-electron chi connectivity index (χ2n) is 8.57. The second-order valence-corrected chi connectivity index (χ2v) is 9.49. The van der Waals surface area contributed by atoms with Gasteiger partial charge in [0.05, 0.1) is 20.3 Å². The quantitative estimate of drug-likeness (QED) is 0.355. The van der Waals surface area contributed by atoms with Gasteiger partial charge in [0, 0.05) is 4.47 Å². The summed E-state index contributed by atoms with van der Waals surface area (Å²) in [4.78, 5) is 14.3. The highest BCUT2D eigenvalue weighted by Gasteiger charge is 2.36. The first-order valence-corrected chi connectivity index (χ1v) is 12.5. The van der Waals surface area contributed by atoms with Gasteiger partial charge in [0.2, 0.25) is 5.75 Å². The van der Waals surface area contributed by atoms with Gasteiger partial charge in [-0.1, -0.05) is 64.8 Å². The Morgan fingerprint density at radius 2 is 1.71 bits per heavy atom. The average Bonchev–Trinajstić information content (AvgIpc) is 2.88. The standard InChI is InChI=1S/C28H30BrNO5/c1-33-24-16-21(17-25(34-2)27(24)35-18-19-9-4-3-5-10-19)26(20-11-8-12-22(29)15-20)30-14-7-6-13-23(30)28(31)32/h3-5,8-12,15-17,23,26H,6-7,13-14,18H2,1-2H3,(H,31,32).